The van der Waals surface area contributed by atoms with Crippen LogP contribution in [0.2, 0.25) is 0 Å². The lowest BCUT2D eigenvalue weighted by Gasteiger charge is -2.02. The number of hydrogen-bond donors (Lipinski definition) is 0. The van der Waals surface area contributed by atoms with Crippen LogP contribution in [0.25, 0.3) is 0 Å². The predicted octanol–water partition coefficient (Wildman–Crippen LogP) is 3.36. The van der Waals surface area contributed by atoms with Crippen molar-refractivity contribution < 1.29 is 13.9 Å². The van der Waals surface area contributed by atoms with E-state index >= 15 is 0 Å². The summed E-state index contributed by atoms with van der Waals surface area (Å²) in [6.45, 7) is 0. The largest absolute Gasteiger partial charge is 0.447 e. The number of ether oxygens (including phenoxy) is 1. The Bertz CT molecular complexity index is 601. The molecule has 0 saturated carbocycles. The van der Waals surface area contributed by atoms with Gasteiger partial charge < -0.3 is 4.74 Å². The third kappa shape index (κ3) is 2.49. The van der Waals surface area contributed by atoms with Gasteiger partial charge in [0.2, 0.25) is 0 Å². The number of thiophene rings is 1. The van der Waals surface area contributed by atoms with E-state index in [-0.39, 0.29) is 5.56 Å². The second-order valence-electron chi connectivity index (χ2n) is 3.13. The molecule has 0 aliphatic carbocycles. The lowest BCUT2D eigenvalue weighted by molar-refractivity contribution is 0.112. The van der Waals surface area contributed by atoms with Crippen LogP contribution in [0.3, 0.4) is 0 Å². The highest BCUT2D eigenvalue weighted by molar-refractivity contribution is 7.15. The van der Waals surface area contributed by atoms with E-state index in [2.05, 4.69) is 0 Å². The van der Waals surface area contributed by atoms with Crippen LogP contribution in [0.1, 0.15) is 15.2 Å². The molecule has 0 amide bonds. The summed E-state index contributed by atoms with van der Waals surface area (Å²) in [6.07, 6.45) is 0.719. The van der Waals surface area contributed by atoms with E-state index in [0.29, 0.717) is 15.7 Å². The van der Waals surface area contributed by atoms with E-state index in [1.807, 2.05) is 0 Å². The van der Waals surface area contributed by atoms with E-state index in [9.17, 15) is 9.18 Å². The van der Waals surface area contributed by atoms with Gasteiger partial charge in [-0.1, -0.05) is 11.3 Å². The van der Waals surface area contributed by atoms with Crippen molar-refractivity contribution in [2.45, 2.75) is 0 Å². The highest BCUT2D eigenvalue weighted by Crippen LogP contribution is 2.29. The number of nitrogens with zero attached hydrogens (tertiary/aromatic N) is 1. The molecule has 0 atom stereocenters. The number of aldehydes is 1. The monoisotopic (exact) mass is 247 g/mol. The van der Waals surface area contributed by atoms with Crippen LogP contribution in [-0.4, -0.2) is 6.29 Å². The Balaban J connectivity index is 2.22. The van der Waals surface area contributed by atoms with Gasteiger partial charge in [-0.05, 0) is 24.3 Å². The fourth-order valence-corrected chi connectivity index (χ4v) is 1.91. The van der Waals surface area contributed by atoms with Gasteiger partial charge in [0.25, 0.3) is 0 Å². The molecule has 0 saturated heterocycles. The maximum absolute atomic E-state index is 13.3. The first-order valence-corrected chi connectivity index (χ1v) is 5.47. The Morgan fingerprint density at radius 2 is 2.18 bits per heavy atom. The summed E-state index contributed by atoms with van der Waals surface area (Å²) in [6, 6.07) is 8.96. The minimum absolute atomic E-state index is 0.0305. The SMILES string of the molecule is N#Cc1ccc(Oc2ccc(C=O)s2)cc1F. The molecule has 0 bridgehead atoms. The minimum atomic E-state index is -0.628. The zero-order valence-corrected chi connectivity index (χ0v) is 9.33. The molecular formula is C12H6FNO2S. The summed E-state index contributed by atoms with van der Waals surface area (Å²) in [7, 11) is 0. The number of carbonyl (C=O) groups excluding carboxylic acids is 1. The van der Waals surface area contributed by atoms with Gasteiger partial charge in [0.05, 0.1) is 10.4 Å². The summed E-state index contributed by atoms with van der Waals surface area (Å²) in [5, 5.41) is 9.06. The van der Waals surface area contributed by atoms with Crippen LogP contribution in [-0.2, 0) is 0 Å². The predicted molar refractivity (Wildman–Crippen MR) is 60.9 cm³/mol. The van der Waals surface area contributed by atoms with Gasteiger partial charge in [0, 0.05) is 6.07 Å². The molecule has 17 heavy (non-hydrogen) atoms. The van der Waals surface area contributed by atoms with Crippen molar-refractivity contribution in [2.24, 2.45) is 0 Å². The molecule has 2 rings (SSSR count). The lowest BCUT2D eigenvalue weighted by Crippen LogP contribution is -1.86. The Kier molecular flexibility index (Phi) is 3.17. The molecule has 0 fully saturated rings. The number of halogens is 1. The zero-order chi connectivity index (χ0) is 12.3. The second kappa shape index (κ2) is 4.76. The topological polar surface area (TPSA) is 50.1 Å². The maximum Gasteiger partial charge on any atom is 0.181 e. The van der Waals surface area contributed by atoms with Crippen LogP contribution < -0.4 is 4.74 Å². The van der Waals surface area contributed by atoms with Crippen LogP contribution in [0.4, 0.5) is 4.39 Å². The average molecular weight is 247 g/mol. The number of carbonyl (C=O) groups is 1. The third-order valence-electron chi connectivity index (χ3n) is 2.00. The Morgan fingerprint density at radius 3 is 2.76 bits per heavy atom. The van der Waals surface area contributed by atoms with Crippen LogP contribution in [0, 0.1) is 17.1 Å². The summed E-state index contributed by atoms with van der Waals surface area (Å²) >= 11 is 1.17. The molecule has 1 aromatic carbocycles. The molecule has 0 N–H and O–H groups in total. The van der Waals surface area contributed by atoms with Crippen LogP contribution >= 0.6 is 11.3 Å². The number of nitriles is 1. The van der Waals surface area contributed by atoms with Gasteiger partial charge in [-0.3, -0.25) is 4.79 Å². The van der Waals surface area contributed by atoms with Crippen molar-refractivity contribution >= 4 is 17.6 Å². The highest BCUT2D eigenvalue weighted by atomic mass is 32.1. The van der Waals surface area contributed by atoms with Gasteiger partial charge in [-0.15, -0.1) is 0 Å². The molecular weight excluding hydrogens is 241 g/mol. The average Bonchev–Trinajstić information content (AvgIpc) is 2.77. The molecule has 0 radical (unpaired) electrons. The molecule has 0 aliphatic rings. The smallest absolute Gasteiger partial charge is 0.181 e. The van der Waals surface area contributed by atoms with Crippen molar-refractivity contribution in [3.05, 3.63) is 46.6 Å². The highest BCUT2D eigenvalue weighted by Gasteiger charge is 2.06. The third-order valence-corrected chi connectivity index (χ3v) is 2.89. The molecule has 0 aliphatic heterocycles. The molecule has 1 aromatic heterocycles. The van der Waals surface area contributed by atoms with Crippen molar-refractivity contribution in [3.8, 4) is 16.9 Å². The summed E-state index contributed by atoms with van der Waals surface area (Å²) in [5.41, 5.74) is -0.0305. The summed E-state index contributed by atoms with van der Waals surface area (Å²) in [5.74, 6) is -0.335. The zero-order valence-electron chi connectivity index (χ0n) is 8.51. The van der Waals surface area contributed by atoms with Crippen LogP contribution in [0.15, 0.2) is 30.3 Å². The summed E-state index contributed by atoms with van der Waals surface area (Å²) < 4.78 is 18.6. The van der Waals surface area contributed by atoms with Gasteiger partial charge in [0.1, 0.15) is 17.6 Å². The maximum atomic E-state index is 13.3. The molecule has 1 heterocycles. The first kappa shape index (κ1) is 11.3. The molecule has 0 spiro atoms. The summed E-state index contributed by atoms with van der Waals surface area (Å²) in [4.78, 5) is 11.0. The number of rotatable bonds is 3. The van der Waals surface area contributed by atoms with Crippen LogP contribution in [0.5, 0.6) is 10.8 Å². The van der Waals surface area contributed by atoms with E-state index < -0.39 is 5.82 Å². The quantitative estimate of drug-likeness (QED) is 0.781. The standard InChI is InChI=1S/C12H6FNO2S/c13-11-5-9(2-1-8(11)6-14)16-12-4-3-10(7-15)17-12/h1-5,7H. The molecule has 84 valence electrons. The molecule has 0 unspecified atom stereocenters. The van der Waals surface area contributed by atoms with Gasteiger partial charge in [0.15, 0.2) is 11.3 Å². The van der Waals surface area contributed by atoms with E-state index in [1.54, 1.807) is 18.2 Å². The van der Waals surface area contributed by atoms with Gasteiger partial charge in [-0.2, -0.15) is 5.26 Å². The molecule has 5 heteroatoms. The Morgan fingerprint density at radius 1 is 1.35 bits per heavy atom. The number of benzene rings is 1. The normalized spacial score (nSPS) is 9.65. The van der Waals surface area contributed by atoms with E-state index in [4.69, 9.17) is 10.00 Å². The van der Waals surface area contributed by atoms with Gasteiger partial charge >= 0.3 is 0 Å². The number of hydrogen-bond acceptors (Lipinski definition) is 4. The Labute approximate surface area is 101 Å². The molecule has 3 nitrogen and oxygen atoms in total. The lowest BCUT2D eigenvalue weighted by atomic mass is 10.2. The van der Waals surface area contributed by atoms with Gasteiger partial charge in [-0.25, -0.2) is 4.39 Å². The Hall–Kier alpha value is -2.19. The first-order chi connectivity index (χ1) is 8.22. The van der Waals surface area contributed by atoms with Crippen molar-refractivity contribution in [3.63, 3.8) is 0 Å². The van der Waals surface area contributed by atoms with Crippen molar-refractivity contribution in [1.29, 1.82) is 5.26 Å². The van der Waals surface area contributed by atoms with Crippen molar-refractivity contribution in [2.75, 3.05) is 0 Å². The fraction of sp³-hybridized carbons (Fsp3) is 0. The minimum Gasteiger partial charge on any atom is -0.447 e. The van der Waals surface area contributed by atoms with E-state index in [1.165, 1.54) is 23.5 Å². The second-order valence-corrected chi connectivity index (χ2v) is 4.21. The molecule has 2 aromatic rings. The fourth-order valence-electron chi connectivity index (χ4n) is 1.22. The first-order valence-electron chi connectivity index (χ1n) is 4.65. The van der Waals surface area contributed by atoms with Crippen molar-refractivity contribution in [1.82, 2.24) is 0 Å². The van der Waals surface area contributed by atoms with E-state index in [0.717, 1.165) is 12.4 Å².